The molecule has 0 spiro atoms. The van der Waals surface area contributed by atoms with Crippen molar-refractivity contribution < 1.29 is 13.2 Å². The van der Waals surface area contributed by atoms with Crippen LogP contribution in [0.15, 0.2) is 71.6 Å². The van der Waals surface area contributed by atoms with Gasteiger partial charge in [-0.15, -0.1) is 0 Å². The topological polar surface area (TPSA) is 75.3 Å². The van der Waals surface area contributed by atoms with Crippen LogP contribution in [0.25, 0.3) is 0 Å². The van der Waals surface area contributed by atoms with Crippen LogP contribution < -0.4 is 10.0 Å². The molecule has 0 heterocycles. The summed E-state index contributed by atoms with van der Waals surface area (Å²) in [5, 5.41) is 2.90. The van der Waals surface area contributed by atoms with Gasteiger partial charge < -0.3 is 5.32 Å². The number of carbonyl (C=O) groups excluding carboxylic acids is 1. The maximum absolute atomic E-state index is 12.6. The van der Waals surface area contributed by atoms with Gasteiger partial charge in [0.25, 0.3) is 15.9 Å². The second-order valence-electron chi connectivity index (χ2n) is 6.67. The smallest absolute Gasteiger partial charge is 0.261 e. The molecule has 3 aromatic rings. The zero-order valence-electron chi connectivity index (χ0n) is 16.0. The highest BCUT2D eigenvalue weighted by molar-refractivity contribution is 7.92. The molecule has 2 N–H and O–H groups in total. The molecule has 6 heteroatoms. The van der Waals surface area contributed by atoms with Gasteiger partial charge in [0.15, 0.2) is 0 Å². The van der Waals surface area contributed by atoms with Crippen LogP contribution in [0, 0.1) is 20.8 Å². The van der Waals surface area contributed by atoms with Crippen molar-refractivity contribution in [1.82, 2.24) is 0 Å². The van der Waals surface area contributed by atoms with E-state index in [9.17, 15) is 13.2 Å². The second kappa shape index (κ2) is 7.86. The third-order valence-electron chi connectivity index (χ3n) is 4.54. The molecule has 5 nitrogen and oxygen atoms in total. The number of anilines is 2. The first-order valence-electron chi connectivity index (χ1n) is 8.84. The summed E-state index contributed by atoms with van der Waals surface area (Å²) < 4.78 is 27.8. The van der Waals surface area contributed by atoms with Gasteiger partial charge in [-0.05, 0) is 67.8 Å². The number of hydrogen-bond donors (Lipinski definition) is 2. The Labute approximate surface area is 165 Å². The number of rotatable bonds is 5. The van der Waals surface area contributed by atoms with Crippen molar-refractivity contribution in [1.29, 1.82) is 0 Å². The van der Waals surface area contributed by atoms with Crippen molar-refractivity contribution in [3.8, 4) is 0 Å². The number of nitrogens with one attached hydrogen (secondary N) is 2. The Balaban J connectivity index is 1.79. The zero-order chi connectivity index (χ0) is 20.3. The predicted octanol–water partition coefficient (Wildman–Crippen LogP) is 4.66. The summed E-state index contributed by atoms with van der Waals surface area (Å²) in [5.41, 5.74) is 4.45. The van der Waals surface area contributed by atoms with E-state index in [2.05, 4.69) is 10.0 Å². The van der Waals surface area contributed by atoms with Gasteiger partial charge in [-0.1, -0.05) is 36.4 Å². The number of aryl methyl sites for hydroxylation is 3. The molecule has 0 radical (unpaired) electrons. The fourth-order valence-electron chi connectivity index (χ4n) is 2.87. The monoisotopic (exact) mass is 394 g/mol. The number of carbonyl (C=O) groups is 1. The number of hydrogen-bond acceptors (Lipinski definition) is 3. The average molecular weight is 394 g/mol. The fraction of sp³-hybridized carbons (Fsp3) is 0.136. The van der Waals surface area contributed by atoms with Gasteiger partial charge in [-0.3, -0.25) is 9.52 Å². The minimum Gasteiger partial charge on any atom is -0.322 e. The van der Waals surface area contributed by atoms with Crippen LogP contribution in [0.5, 0.6) is 0 Å². The SMILES string of the molecule is Cc1ccccc1NS(=O)(=O)c1ccc(C(=O)Nc2c(C)cccc2C)cc1. The lowest BCUT2D eigenvalue weighted by Gasteiger charge is -2.12. The van der Waals surface area contributed by atoms with E-state index in [1.54, 1.807) is 12.1 Å². The van der Waals surface area contributed by atoms with Crippen molar-refractivity contribution in [2.45, 2.75) is 25.7 Å². The lowest BCUT2D eigenvalue weighted by Crippen LogP contribution is -2.16. The first-order chi connectivity index (χ1) is 13.3. The Kier molecular flexibility index (Phi) is 5.51. The van der Waals surface area contributed by atoms with Crippen LogP contribution in [0.2, 0.25) is 0 Å². The molecule has 0 fully saturated rings. The Morgan fingerprint density at radius 1 is 0.750 bits per heavy atom. The minimum atomic E-state index is -3.73. The maximum atomic E-state index is 12.6. The standard InChI is InChI=1S/C22H22N2O3S/c1-15-7-4-5-10-20(15)24-28(26,27)19-13-11-18(12-14-19)22(25)23-21-16(2)8-6-9-17(21)3/h4-14,24H,1-3H3,(H,23,25). The third kappa shape index (κ3) is 4.23. The van der Waals surface area contributed by atoms with Crippen LogP contribution in [-0.2, 0) is 10.0 Å². The number of benzene rings is 3. The van der Waals surface area contributed by atoms with E-state index in [0.717, 1.165) is 22.4 Å². The lowest BCUT2D eigenvalue weighted by atomic mass is 10.1. The molecule has 0 atom stereocenters. The highest BCUT2D eigenvalue weighted by Gasteiger charge is 2.16. The highest BCUT2D eigenvalue weighted by Crippen LogP contribution is 2.22. The van der Waals surface area contributed by atoms with Crippen molar-refractivity contribution in [3.05, 3.63) is 89.0 Å². The molecule has 0 aliphatic rings. The Morgan fingerprint density at radius 2 is 1.32 bits per heavy atom. The van der Waals surface area contributed by atoms with Crippen LogP contribution in [0.4, 0.5) is 11.4 Å². The average Bonchev–Trinajstić information content (AvgIpc) is 2.66. The summed E-state index contributed by atoms with van der Waals surface area (Å²) in [6.45, 7) is 5.68. The zero-order valence-corrected chi connectivity index (χ0v) is 16.8. The van der Waals surface area contributed by atoms with E-state index in [1.165, 1.54) is 24.3 Å². The predicted molar refractivity (Wildman–Crippen MR) is 112 cm³/mol. The second-order valence-corrected chi connectivity index (χ2v) is 8.35. The van der Waals surface area contributed by atoms with Gasteiger partial charge in [0.05, 0.1) is 10.6 Å². The molecule has 0 bridgehead atoms. The molecular weight excluding hydrogens is 372 g/mol. The molecule has 1 amide bonds. The minimum absolute atomic E-state index is 0.0966. The van der Waals surface area contributed by atoms with Crippen LogP contribution >= 0.6 is 0 Å². The summed E-state index contributed by atoms with van der Waals surface area (Å²) in [7, 11) is -3.73. The molecule has 144 valence electrons. The highest BCUT2D eigenvalue weighted by atomic mass is 32.2. The van der Waals surface area contributed by atoms with Crippen molar-refractivity contribution in [2.24, 2.45) is 0 Å². The van der Waals surface area contributed by atoms with Gasteiger partial charge in [0.1, 0.15) is 0 Å². The third-order valence-corrected chi connectivity index (χ3v) is 5.92. The van der Waals surface area contributed by atoms with Crippen molar-refractivity contribution >= 4 is 27.3 Å². The van der Waals surface area contributed by atoms with Gasteiger partial charge in [0.2, 0.25) is 0 Å². The summed E-state index contributed by atoms with van der Waals surface area (Å²) in [6, 6.07) is 18.8. The summed E-state index contributed by atoms with van der Waals surface area (Å²) in [4.78, 5) is 12.6. The van der Waals surface area contributed by atoms with Gasteiger partial charge >= 0.3 is 0 Å². The fourth-order valence-corrected chi connectivity index (χ4v) is 4.00. The molecule has 0 saturated carbocycles. The largest absolute Gasteiger partial charge is 0.322 e. The van der Waals surface area contributed by atoms with Crippen LogP contribution in [0.1, 0.15) is 27.0 Å². The van der Waals surface area contributed by atoms with Crippen LogP contribution in [-0.4, -0.2) is 14.3 Å². The quantitative estimate of drug-likeness (QED) is 0.661. The van der Waals surface area contributed by atoms with Gasteiger partial charge in [-0.25, -0.2) is 8.42 Å². The van der Waals surface area contributed by atoms with E-state index in [-0.39, 0.29) is 10.8 Å². The Hall–Kier alpha value is -3.12. The molecule has 3 rings (SSSR count). The molecule has 3 aromatic carbocycles. The normalized spacial score (nSPS) is 11.1. The maximum Gasteiger partial charge on any atom is 0.261 e. The Bertz CT molecular complexity index is 1100. The van der Waals surface area contributed by atoms with E-state index in [4.69, 9.17) is 0 Å². The molecule has 0 unspecified atom stereocenters. The molecular formula is C22H22N2O3S. The first-order valence-corrected chi connectivity index (χ1v) is 10.3. The molecule has 28 heavy (non-hydrogen) atoms. The van der Waals surface area contributed by atoms with Crippen molar-refractivity contribution in [3.63, 3.8) is 0 Å². The molecule has 0 aromatic heterocycles. The first kappa shape index (κ1) is 19.6. The van der Waals surface area contributed by atoms with E-state index < -0.39 is 10.0 Å². The van der Waals surface area contributed by atoms with Crippen molar-refractivity contribution in [2.75, 3.05) is 10.0 Å². The van der Waals surface area contributed by atoms with Gasteiger partial charge in [0, 0.05) is 11.3 Å². The number of sulfonamides is 1. The van der Waals surface area contributed by atoms with E-state index in [0.29, 0.717) is 11.3 Å². The summed E-state index contributed by atoms with van der Waals surface area (Å²) >= 11 is 0. The van der Waals surface area contributed by atoms with E-state index in [1.807, 2.05) is 51.1 Å². The summed E-state index contributed by atoms with van der Waals surface area (Å²) in [5.74, 6) is -0.284. The lowest BCUT2D eigenvalue weighted by molar-refractivity contribution is 0.102. The molecule has 0 aliphatic carbocycles. The number of para-hydroxylation sites is 2. The number of amides is 1. The molecule has 0 saturated heterocycles. The summed E-state index contributed by atoms with van der Waals surface area (Å²) in [6.07, 6.45) is 0. The van der Waals surface area contributed by atoms with E-state index >= 15 is 0 Å². The molecule has 0 aliphatic heterocycles. The Morgan fingerprint density at radius 3 is 1.93 bits per heavy atom. The van der Waals surface area contributed by atoms with Gasteiger partial charge in [-0.2, -0.15) is 0 Å². The van der Waals surface area contributed by atoms with Crippen LogP contribution in [0.3, 0.4) is 0 Å².